The molecule has 0 aliphatic heterocycles. The van der Waals surface area contributed by atoms with E-state index in [0.717, 1.165) is 18.7 Å². The van der Waals surface area contributed by atoms with Crippen LogP contribution in [0.3, 0.4) is 0 Å². The Hall–Kier alpha value is -1.13. The van der Waals surface area contributed by atoms with Crippen LogP contribution in [0.15, 0.2) is 23.0 Å². The van der Waals surface area contributed by atoms with E-state index in [4.69, 9.17) is 5.11 Å². The first-order valence-corrected chi connectivity index (χ1v) is 4.33. The second-order valence-corrected chi connectivity index (χ2v) is 2.79. The number of aliphatic hydroxyl groups is 1. The maximum Gasteiger partial charge on any atom is 0.248 e. The molecule has 1 rings (SSSR count). The molecule has 1 heterocycles. The summed E-state index contributed by atoms with van der Waals surface area (Å²) >= 11 is 0. The molecule has 0 aromatic carbocycles. The molecule has 0 fully saturated rings. The fourth-order valence-corrected chi connectivity index (χ4v) is 1.02. The van der Waals surface area contributed by atoms with Crippen molar-refractivity contribution in [2.24, 2.45) is 0 Å². The molecule has 0 radical (unpaired) electrons. The van der Waals surface area contributed by atoms with Gasteiger partial charge >= 0.3 is 0 Å². The second kappa shape index (κ2) is 5.50. The number of aromatic amines is 1. The Labute approximate surface area is 76.6 Å². The molecule has 13 heavy (non-hydrogen) atoms. The third-order valence-corrected chi connectivity index (χ3v) is 1.66. The molecule has 0 spiro atoms. The molecule has 4 nitrogen and oxygen atoms in total. The Morgan fingerprint density at radius 3 is 3.00 bits per heavy atom. The molecule has 0 amide bonds. The first-order chi connectivity index (χ1) is 6.33. The number of nitrogens with one attached hydrogen (secondary N) is 2. The highest BCUT2D eigenvalue weighted by atomic mass is 16.3. The van der Waals surface area contributed by atoms with Crippen LogP contribution in [0.2, 0.25) is 0 Å². The van der Waals surface area contributed by atoms with Crippen molar-refractivity contribution < 1.29 is 5.11 Å². The highest BCUT2D eigenvalue weighted by Crippen LogP contribution is 1.88. The van der Waals surface area contributed by atoms with Crippen molar-refractivity contribution in [1.29, 1.82) is 0 Å². The quantitative estimate of drug-likeness (QED) is 0.555. The Kier molecular flexibility index (Phi) is 4.21. The van der Waals surface area contributed by atoms with Crippen molar-refractivity contribution in [2.45, 2.75) is 13.0 Å². The van der Waals surface area contributed by atoms with Crippen LogP contribution in [0, 0.1) is 0 Å². The molecule has 0 aliphatic carbocycles. The van der Waals surface area contributed by atoms with E-state index >= 15 is 0 Å². The lowest BCUT2D eigenvalue weighted by atomic mass is 10.3. The molecule has 0 aliphatic rings. The van der Waals surface area contributed by atoms with Gasteiger partial charge < -0.3 is 15.4 Å². The van der Waals surface area contributed by atoms with E-state index in [0.29, 0.717) is 6.54 Å². The molecule has 0 atom stereocenters. The van der Waals surface area contributed by atoms with Crippen LogP contribution in [0.1, 0.15) is 12.1 Å². The van der Waals surface area contributed by atoms with Gasteiger partial charge in [0.25, 0.3) is 0 Å². The van der Waals surface area contributed by atoms with Gasteiger partial charge in [0.05, 0.1) is 0 Å². The number of rotatable bonds is 5. The predicted octanol–water partition coefficient (Wildman–Crippen LogP) is -0.153. The molecule has 72 valence electrons. The zero-order valence-corrected chi connectivity index (χ0v) is 7.42. The number of aliphatic hydroxyl groups excluding tert-OH is 1. The molecule has 3 N–H and O–H groups in total. The summed E-state index contributed by atoms with van der Waals surface area (Å²) in [7, 11) is 0. The van der Waals surface area contributed by atoms with Gasteiger partial charge in [-0.15, -0.1) is 0 Å². The molecule has 0 saturated carbocycles. The van der Waals surface area contributed by atoms with E-state index in [2.05, 4.69) is 10.3 Å². The standard InChI is InChI=1S/C9H14N2O2/c12-6-2-5-10-7-8-3-1-4-9(13)11-8/h1,3-4,10,12H,2,5-7H2,(H,11,13). The van der Waals surface area contributed by atoms with Gasteiger partial charge in [-0.3, -0.25) is 4.79 Å². The van der Waals surface area contributed by atoms with E-state index in [1.807, 2.05) is 6.07 Å². The van der Waals surface area contributed by atoms with Gasteiger partial charge in [-0.2, -0.15) is 0 Å². The summed E-state index contributed by atoms with van der Waals surface area (Å²) in [6, 6.07) is 5.06. The first kappa shape index (κ1) is 9.95. The maximum absolute atomic E-state index is 10.9. The molecule has 4 heteroatoms. The number of aromatic nitrogens is 1. The first-order valence-electron chi connectivity index (χ1n) is 4.33. The third kappa shape index (κ3) is 3.87. The SMILES string of the molecule is O=c1cccc(CNCCCO)[nH]1. The Morgan fingerprint density at radius 2 is 2.31 bits per heavy atom. The van der Waals surface area contributed by atoms with E-state index in [9.17, 15) is 4.79 Å². The molecular formula is C9H14N2O2. The fourth-order valence-electron chi connectivity index (χ4n) is 1.02. The zero-order valence-electron chi connectivity index (χ0n) is 7.42. The van der Waals surface area contributed by atoms with E-state index in [-0.39, 0.29) is 12.2 Å². The van der Waals surface area contributed by atoms with Gasteiger partial charge in [-0.05, 0) is 19.0 Å². The normalized spacial score (nSPS) is 10.2. The van der Waals surface area contributed by atoms with Crippen molar-refractivity contribution in [3.05, 3.63) is 34.2 Å². The van der Waals surface area contributed by atoms with Crippen molar-refractivity contribution >= 4 is 0 Å². The Bertz CT molecular complexity index is 296. The summed E-state index contributed by atoms with van der Waals surface area (Å²) in [5.74, 6) is 0. The van der Waals surface area contributed by atoms with Crippen LogP contribution in [0.5, 0.6) is 0 Å². The number of H-pyrrole nitrogens is 1. The minimum absolute atomic E-state index is 0.0820. The van der Waals surface area contributed by atoms with Crippen LogP contribution < -0.4 is 10.9 Å². The summed E-state index contributed by atoms with van der Waals surface area (Å²) in [5, 5.41) is 11.6. The summed E-state index contributed by atoms with van der Waals surface area (Å²) in [6.07, 6.45) is 0.733. The summed E-state index contributed by atoms with van der Waals surface area (Å²) in [6.45, 7) is 1.59. The topological polar surface area (TPSA) is 65.1 Å². The predicted molar refractivity (Wildman–Crippen MR) is 50.5 cm³/mol. The van der Waals surface area contributed by atoms with Gasteiger partial charge in [0.2, 0.25) is 5.56 Å². The van der Waals surface area contributed by atoms with Crippen molar-refractivity contribution in [3.8, 4) is 0 Å². The van der Waals surface area contributed by atoms with E-state index < -0.39 is 0 Å². The summed E-state index contributed by atoms with van der Waals surface area (Å²) in [4.78, 5) is 13.6. The summed E-state index contributed by atoms with van der Waals surface area (Å²) in [5.41, 5.74) is 0.784. The highest BCUT2D eigenvalue weighted by Gasteiger charge is 1.91. The second-order valence-electron chi connectivity index (χ2n) is 2.79. The Morgan fingerprint density at radius 1 is 1.46 bits per heavy atom. The number of pyridine rings is 1. The largest absolute Gasteiger partial charge is 0.396 e. The lowest BCUT2D eigenvalue weighted by molar-refractivity contribution is 0.286. The molecular weight excluding hydrogens is 168 g/mol. The molecule has 0 saturated heterocycles. The highest BCUT2D eigenvalue weighted by molar-refractivity contribution is 5.03. The van der Waals surface area contributed by atoms with Gasteiger partial charge in [0.1, 0.15) is 0 Å². The molecule has 1 aromatic rings. The van der Waals surface area contributed by atoms with Gasteiger partial charge in [0.15, 0.2) is 0 Å². The monoisotopic (exact) mass is 182 g/mol. The average molecular weight is 182 g/mol. The lowest BCUT2D eigenvalue weighted by Crippen LogP contribution is -2.18. The van der Waals surface area contributed by atoms with Crippen LogP contribution in [0.4, 0.5) is 0 Å². The minimum atomic E-state index is -0.0820. The van der Waals surface area contributed by atoms with Crippen LogP contribution in [-0.2, 0) is 6.54 Å². The fraction of sp³-hybridized carbons (Fsp3) is 0.444. The maximum atomic E-state index is 10.9. The lowest BCUT2D eigenvalue weighted by Gasteiger charge is -2.02. The third-order valence-electron chi connectivity index (χ3n) is 1.66. The van der Waals surface area contributed by atoms with E-state index in [1.54, 1.807) is 6.07 Å². The van der Waals surface area contributed by atoms with Crippen LogP contribution in [0.25, 0.3) is 0 Å². The molecule has 0 unspecified atom stereocenters. The van der Waals surface area contributed by atoms with Crippen molar-refractivity contribution in [3.63, 3.8) is 0 Å². The smallest absolute Gasteiger partial charge is 0.248 e. The average Bonchev–Trinajstić information content (AvgIpc) is 2.13. The number of hydrogen-bond acceptors (Lipinski definition) is 3. The van der Waals surface area contributed by atoms with Crippen molar-refractivity contribution in [1.82, 2.24) is 10.3 Å². The zero-order chi connectivity index (χ0) is 9.52. The van der Waals surface area contributed by atoms with Crippen molar-refractivity contribution in [2.75, 3.05) is 13.2 Å². The van der Waals surface area contributed by atoms with Crippen LogP contribution in [-0.4, -0.2) is 23.2 Å². The Balaban J connectivity index is 2.33. The van der Waals surface area contributed by atoms with Gasteiger partial charge in [0, 0.05) is 24.9 Å². The molecule has 0 bridgehead atoms. The molecule has 1 aromatic heterocycles. The van der Waals surface area contributed by atoms with E-state index in [1.165, 1.54) is 6.07 Å². The van der Waals surface area contributed by atoms with Gasteiger partial charge in [-0.1, -0.05) is 6.07 Å². The van der Waals surface area contributed by atoms with Gasteiger partial charge in [-0.25, -0.2) is 0 Å². The number of hydrogen-bond donors (Lipinski definition) is 3. The minimum Gasteiger partial charge on any atom is -0.396 e. The summed E-state index contributed by atoms with van der Waals surface area (Å²) < 4.78 is 0. The van der Waals surface area contributed by atoms with Crippen LogP contribution >= 0.6 is 0 Å².